The molecule has 0 bridgehead atoms. The van der Waals surface area contributed by atoms with Gasteiger partial charge in [-0.25, -0.2) is 18.7 Å². The minimum Gasteiger partial charge on any atom is -0.439 e. The number of hydrogen-bond donors (Lipinski definition) is 2. The second-order valence-corrected chi connectivity index (χ2v) is 7.54. The first-order chi connectivity index (χ1) is 16.9. The molecule has 3 aromatic heterocycles. The van der Waals surface area contributed by atoms with E-state index in [9.17, 15) is 18.8 Å². The van der Waals surface area contributed by atoms with Crippen LogP contribution in [-0.2, 0) is 0 Å². The number of amides is 1. The van der Waals surface area contributed by atoms with Crippen molar-refractivity contribution in [3.63, 3.8) is 0 Å². The predicted octanol–water partition coefficient (Wildman–Crippen LogP) is 3.06. The Kier molecular flexibility index (Phi) is 5.41. The largest absolute Gasteiger partial charge is 0.439 e. The normalized spacial score (nSPS) is 10.9. The van der Waals surface area contributed by atoms with Crippen LogP contribution in [0, 0.1) is 12.7 Å². The molecule has 0 saturated heterocycles. The summed E-state index contributed by atoms with van der Waals surface area (Å²) in [6, 6.07) is 14.8. The smallest absolute Gasteiger partial charge is 0.333 e. The van der Waals surface area contributed by atoms with Crippen molar-refractivity contribution in [2.24, 2.45) is 0 Å². The molecule has 0 fully saturated rings. The third kappa shape index (κ3) is 4.29. The highest BCUT2D eigenvalue weighted by atomic mass is 19.1. The Morgan fingerprint density at radius 1 is 1.06 bits per heavy atom. The van der Waals surface area contributed by atoms with E-state index in [-0.39, 0.29) is 11.3 Å². The van der Waals surface area contributed by atoms with Crippen LogP contribution in [0.5, 0.6) is 11.6 Å². The van der Waals surface area contributed by atoms with Gasteiger partial charge in [-0.05, 0) is 55.5 Å². The average Bonchev–Trinajstić information content (AvgIpc) is 3.30. The molecular weight excluding hydrogens is 455 g/mol. The van der Waals surface area contributed by atoms with E-state index in [4.69, 9.17) is 4.74 Å². The molecule has 0 spiro atoms. The number of benzene rings is 2. The SMILES string of the molecule is Cc1cc(Oc2ccc(NC(=O)c3c[nH]c(=O)n(-c4ccc(F)cc4)c3=O)cc2)n2nccc2n1. The highest BCUT2D eigenvalue weighted by Crippen LogP contribution is 2.24. The fraction of sp³-hybridized carbons (Fsp3) is 0.0417. The number of aryl methyl sites for hydroxylation is 1. The van der Waals surface area contributed by atoms with Crippen LogP contribution in [0.4, 0.5) is 10.1 Å². The summed E-state index contributed by atoms with van der Waals surface area (Å²) in [5, 5.41) is 6.81. The van der Waals surface area contributed by atoms with Crippen LogP contribution in [0.1, 0.15) is 16.1 Å². The lowest BCUT2D eigenvalue weighted by Crippen LogP contribution is -2.38. The van der Waals surface area contributed by atoms with E-state index >= 15 is 0 Å². The lowest BCUT2D eigenvalue weighted by molar-refractivity contribution is 0.102. The predicted molar refractivity (Wildman–Crippen MR) is 125 cm³/mol. The molecule has 10 nitrogen and oxygen atoms in total. The van der Waals surface area contributed by atoms with Gasteiger partial charge in [-0.2, -0.15) is 9.61 Å². The van der Waals surface area contributed by atoms with Gasteiger partial charge in [-0.3, -0.25) is 9.59 Å². The van der Waals surface area contributed by atoms with Gasteiger partial charge >= 0.3 is 5.69 Å². The molecule has 0 unspecified atom stereocenters. The maximum absolute atomic E-state index is 13.2. The van der Waals surface area contributed by atoms with E-state index in [1.165, 1.54) is 12.1 Å². The number of anilines is 1. The van der Waals surface area contributed by atoms with E-state index < -0.39 is 23.0 Å². The van der Waals surface area contributed by atoms with E-state index in [2.05, 4.69) is 20.4 Å². The molecule has 2 N–H and O–H groups in total. The molecule has 3 heterocycles. The Bertz CT molecular complexity index is 1670. The summed E-state index contributed by atoms with van der Waals surface area (Å²) >= 11 is 0. The molecule has 0 aliphatic rings. The number of nitrogens with one attached hydrogen (secondary N) is 2. The number of H-pyrrole nitrogens is 1. The fourth-order valence-electron chi connectivity index (χ4n) is 3.46. The molecule has 0 atom stereocenters. The zero-order chi connectivity index (χ0) is 24.5. The molecule has 11 heteroatoms. The Labute approximate surface area is 196 Å². The third-order valence-electron chi connectivity index (χ3n) is 5.10. The topological polar surface area (TPSA) is 123 Å². The number of carbonyl (C=O) groups is 1. The quantitative estimate of drug-likeness (QED) is 0.405. The second kappa shape index (κ2) is 8.71. The van der Waals surface area contributed by atoms with E-state index in [0.29, 0.717) is 23.0 Å². The van der Waals surface area contributed by atoms with Crippen LogP contribution in [0.3, 0.4) is 0 Å². The standard InChI is InChI=1S/C24H17FN6O4/c1-14-12-21(31-20(28-14)10-11-27-31)35-18-8-4-16(5-9-18)29-22(32)19-13-26-24(34)30(23(19)33)17-6-2-15(25)3-7-17/h2-13H,1H3,(H,26,34)(H,29,32). The van der Waals surface area contributed by atoms with Gasteiger partial charge < -0.3 is 15.0 Å². The molecule has 0 saturated carbocycles. The number of rotatable bonds is 5. The Morgan fingerprint density at radius 2 is 1.80 bits per heavy atom. The van der Waals surface area contributed by atoms with Crippen molar-refractivity contribution >= 4 is 17.2 Å². The van der Waals surface area contributed by atoms with Crippen LogP contribution < -0.4 is 21.3 Å². The third-order valence-corrected chi connectivity index (χ3v) is 5.10. The van der Waals surface area contributed by atoms with Crippen LogP contribution in [0.2, 0.25) is 0 Å². The highest BCUT2D eigenvalue weighted by molar-refractivity contribution is 6.03. The summed E-state index contributed by atoms with van der Waals surface area (Å²) in [4.78, 5) is 44.5. The molecule has 5 aromatic rings. The number of ether oxygens (including phenoxy) is 1. The first-order valence-corrected chi connectivity index (χ1v) is 10.4. The number of hydrogen-bond acceptors (Lipinski definition) is 6. The van der Waals surface area contributed by atoms with Gasteiger partial charge in [-0.15, -0.1) is 0 Å². The number of nitrogens with zero attached hydrogens (tertiary/aromatic N) is 4. The van der Waals surface area contributed by atoms with Gasteiger partial charge in [-0.1, -0.05) is 0 Å². The van der Waals surface area contributed by atoms with Gasteiger partial charge in [0.15, 0.2) is 5.65 Å². The molecule has 1 amide bonds. The summed E-state index contributed by atoms with van der Waals surface area (Å²) in [6.45, 7) is 1.85. The average molecular weight is 472 g/mol. The lowest BCUT2D eigenvalue weighted by atomic mass is 10.2. The molecule has 35 heavy (non-hydrogen) atoms. The van der Waals surface area contributed by atoms with E-state index in [1.807, 2.05) is 6.92 Å². The number of aromatic nitrogens is 5. The van der Waals surface area contributed by atoms with Gasteiger partial charge in [0.25, 0.3) is 11.5 Å². The molecular formula is C24H17FN6O4. The van der Waals surface area contributed by atoms with Crippen molar-refractivity contribution in [1.29, 1.82) is 0 Å². The summed E-state index contributed by atoms with van der Waals surface area (Å²) in [7, 11) is 0. The highest BCUT2D eigenvalue weighted by Gasteiger charge is 2.16. The number of aromatic amines is 1. The van der Waals surface area contributed by atoms with Crippen molar-refractivity contribution < 1.29 is 13.9 Å². The maximum atomic E-state index is 13.2. The van der Waals surface area contributed by atoms with Crippen LogP contribution >= 0.6 is 0 Å². The summed E-state index contributed by atoms with van der Waals surface area (Å²) < 4.78 is 21.5. The number of halogens is 1. The summed E-state index contributed by atoms with van der Waals surface area (Å²) in [6.07, 6.45) is 2.66. The van der Waals surface area contributed by atoms with Gasteiger partial charge in [0.2, 0.25) is 5.88 Å². The Balaban J connectivity index is 1.36. The molecule has 174 valence electrons. The van der Waals surface area contributed by atoms with Crippen molar-refractivity contribution in [3.05, 3.63) is 111 Å². The lowest BCUT2D eigenvalue weighted by Gasteiger charge is -2.10. The van der Waals surface area contributed by atoms with Gasteiger partial charge in [0.05, 0.1) is 11.9 Å². The van der Waals surface area contributed by atoms with Gasteiger partial charge in [0.1, 0.15) is 17.1 Å². The summed E-state index contributed by atoms with van der Waals surface area (Å²) in [5.41, 5.74) is 0.0667. The zero-order valence-corrected chi connectivity index (χ0v) is 18.2. The van der Waals surface area contributed by atoms with Crippen molar-refractivity contribution in [2.45, 2.75) is 6.92 Å². The minimum atomic E-state index is -0.839. The Hall–Kier alpha value is -5.06. The molecule has 0 aliphatic carbocycles. The van der Waals surface area contributed by atoms with Crippen LogP contribution in [-0.4, -0.2) is 30.1 Å². The molecule has 0 aliphatic heterocycles. The molecule has 2 aromatic carbocycles. The maximum Gasteiger partial charge on any atom is 0.333 e. The van der Waals surface area contributed by atoms with E-state index in [0.717, 1.165) is 28.6 Å². The first-order valence-electron chi connectivity index (χ1n) is 10.4. The van der Waals surface area contributed by atoms with Crippen LogP contribution in [0.15, 0.2) is 82.6 Å². The first kappa shape index (κ1) is 21.8. The number of fused-ring (bicyclic) bond motifs is 1. The van der Waals surface area contributed by atoms with Crippen LogP contribution in [0.25, 0.3) is 11.3 Å². The second-order valence-electron chi connectivity index (χ2n) is 7.54. The molecule has 0 radical (unpaired) electrons. The van der Waals surface area contributed by atoms with Crippen molar-refractivity contribution in [2.75, 3.05) is 5.32 Å². The van der Waals surface area contributed by atoms with Crippen molar-refractivity contribution in [1.82, 2.24) is 24.1 Å². The monoisotopic (exact) mass is 472 g/mol. The fourth-order valence-corrected chi connectivity index (χ4v) is 3.46. The van der Waals surface area contributed by atoms with Crippen molar-refractivity contribution in [3.8, 4) is 17.3 Å². The summed E-state index contributed by atoms with van der Waals surface area (Å²) in [5.74, 6) is -0.275. The molecule has 5 rings (SSSR count). The Morgan fingerprint density at radius 3 is 2.54 bits per heavy atom. The number of carbonyl (C=O) groups excluding carboxylic acids is 1. The minimum absolute atomic E-state index is 0.131. The van der Waals surface area contributed by atoms with E-state index in [1.54, 1.807) is 47.1 Å². The zero-order valence-electron chi connectivity index (χ0n) is 18.2. The van der Waals surface area contributed by atoms with Gasteiger partial charge in [0, 0.05) is 29.7 Å².